The molecule has 0 aromatic carbocycles. The largest absolute Gasteiger partial charge is 0.390 e. The van der Waals surface area contributed by atoms with E-state index in [1.54, 1.807) is 7.05 Å². The second-order valence-corrected chi connectivity index (χ2v) is 5.22. The van der Waals surface area contributed by atoms with E-state index < -0.39 is 12.6 Å². The monoisotopic (exact) mass is 296 g/mol. The molecule has 0 radical (unpaired) electrons. The highest BCUT2D eigenvalue weighted by Crippen LogP contribution is 2.17. The van der Waals surface area contributed by atoms with E-state index >= 15 is 0 Å². The van der Waals surface area contributed by atoms with Gasteiger partial charge in [-0.2, -0.15) is 13.2 Å². The zero-order valence-corrected chi connectivity index (χ0v) is 13.0. The van der Waals surface area contributed by atoms with E-state index in [4.69, 9.17) is 0 Å². The SMILES string of the molecule is CN=C(NCCN(C(C)C)C(C)C)NCCC(F)(F)F. The Hall–Kier alpha value is -0.980. The molecular formula is C13H27F3N4. The number of aliphatic imine (C=N–C) groups is 1. The van der Waals surface area contributed by atoms with Crippen LogP contribution < -0.4 is 10.6 Å². The summed E-state index contributed by atoms with van der Waals surface area (Å²) in [5.41, 5.74) is 0. The van der Waals surface area contributed by atoms with Crippen LogP contribution in [0.3, 0.4) is 0 Å². The Labute approximate surface area is 119 Å². The highest BCUT2D eigenvalue weighted by molar-refractivity contribution is 5.79. The van der Waals surface area contributed by atoms with Crippen LogP contribution in [0.4, 0.5) is 13.2 Å². The summed E-state index contributed by atoms with van der Waals surface area (Å²) in [6, 6.07) is 0.856. The van der Waals surface area contributed by atoms with E-state index in [2.05, 4.69) is 48.2 Å². The lowest BCUT2D eigenvalue weighted by atomic mass is 10.2. The van der Waals surface area contributed by atoms with E-state index in [0.717, 1.165) is 6.54 Å². The van der Waals surface area contributed by atoms with E-state index in [9.17, 15) is 13.2 Å². The number of guanidine groups is 1. The van der Waals surface area contributed by atoms with Crippen molar-refractivity contribution in [3.8, 4) is 0 Å². The molecule has 0 aliphatic heterocycles. The van der Waals surface area contributed by atoms with Gasteiger partial charge in [-0.3, -0.25) is 9.89 Å². The van der Waals surface area contributed by atoms with Gasteiger partial charge in [0.2, 0.25) is 0 Å². The number of alkyl halides is 3. The van der Waals surface area contributed by atoms with Crippen molar-refractivity contribution in [2.75, 3.05) is 26.7 Å². The lowest BCUT2D eigenvalue weighted by Crippen LogP contribution is -2.45. The van der Waals surface area contributed by atoms with Crippen molar-refractivity contribution < 1.29 is 13.2 Å². The molecular weight excluding hydrogens is 269 g/mol. The Bertz CT molecular complexity index is 280. The maximum Gasteiger partial charge on any atom is 0.390 e. The first-order chi connectivity index (χ1) is 9.17. The first-order valence-electron chi connectivity index (χ1n) is 6.94. The molecule has 0 aromatic heterocycles. The first-order valence-corrected chi connectivity index (χ1v) is 6.94. The van der Waals surface area contributed by atoms with Gasteiger partial charge in [-0.15, -0.1) is 0 Å². The lowest BCUT2D eigenvalue weighted by Gasteiger charge is -2.30. The van der Waals surface area contributed by atoms with Crippen LogP contribution >= 0.6 is 0 Å². The Balaban J connectivity index is 4.02. The summed E-state index contributed by atoms with van der Waals surface area (Å²) in [5, 5.41) is 5.68. The number of hydrogen-bond acceptors (Lipinski definition) is 2. The zero-order chi connectivity index (χ0) is 15.8. The predicted molar refractivity (Wildman–Crippen MR) is 77.0 cm³/mol. The molecule has 4 nitrogen and oxygen atoms in total. The van der Waals surface area contributed by atoms with Gasteiger partial charge in [-0.05, 0) is 27.7 Å². The van der Waals surface area contributed by atoms with Crippen LogP contribution in [0.2, 0.25) is 0 Å². The van der Waals surface area contributed by atoms with Crippen LogP contribution in [0.1, 0.15) is 34.1 Å². The highest BCUT2D eigenvalue weighted by Gasteiger charge is 2.26. The quantitative estimate of drug-likeness (QED) is 0.559. The minimum Gasteiger partial charge on any atom is -0.356 e. The Morgan fingerprint density at radius 1 is 1.05 bits per heavy atom. The Kier molecular flexibility index (Phi) is 8.60. The third-order valence-corrected chi connectivity index (χ3v) is 2.91. The van der Waals surface area contributed by atoms with Gasteiger partial charge in [-0.25, -0.2) is 0 Å². The van der Waals surface area contributed by atoms with Gasteiger partial charge < -0.3 is 10.6 Å². The van der Waals surface area contributed by atoms with Crippen molar-refractivity contribution in [2.24, 2.45) is 4.99 Å². The molecule has 0 rings (SSSR count). The maximum atomic E-state index is 12.0. The smallest absolute Gasteiger partial charge is 0.356 e. The van der Waals surface area contributed by atoms with Gasteiger partial charge in [0.05, 0.1) is 6.42 Å². The van der Waals surface area contributed by atoms with Crippen LogP contribution in [0.5, 0.6) is 0 Å². The molecule has 0 saturated carbocycles. The molecule has 0 atom stereocenters. The van der Waals surface area contributed by atoms with E-state index in [1.165, 1.54) is 0 Å². The second kappa shape index (κ2) is 9.05. The number of nitrogens with one attached hydrogen (secondary N) is 2. The summed E-state index contributed by atoms with van der Waals surface area (Å²) >= 11 is 0. The van der Waals surface area contributed by atoms with Crippen molar-refractivity contribution in [2.45, 2.75) is 52.4 Å². The van der Waals surface area contributed by atoms with E-state index in [1.807, 2.05) is 0 Å². The van der Waals surface area contributed by atoms with Crippen molar-refractivity contribution in [3.05, 3.63) is 0 Å². The normalized spacial score (nSPS) is 13.4. The van der Waals surface area contributed by atoms with Crippen LogP contribution in [0.15, 0.2) is 4.99 Å². The number of nitrogens with zero attached hydrogens (tertiary/aromatic N) is 2. The molecule has 0 amide bonds. The topological polar surface area (TPSA) is 39.7 Å². The molecule has 0 aromatic rings. The van der Waals surface area contributed by atoms with Crippen LogP contribution in [-0.4, -0.2) is 55.8 Å². The fourth-order valence-electron chi connectivity index (χ4n) is 1.96. The van der Waals surface area contributed by atoms with Gasteiger partial charge in [0.15, 0.2) is 5.96 Å². The molecule has 0 bridgehead atoms. The molecule has 0 saturated heterocycles. The predicted octanol–water partition coefficient (Wildman–Crippen LogP) is 2.22. The molecule has 120 valence electrons. The number of halogens is 3. The standard InChI is InChI=1S/C13H27F3N4/c1-10(2)20(11(3)4)9-8-19-12(17-5)18-7-6-13(14,15)16/h10-11H,6-9H2,1-5H3,(H2,17,18,19). The first kappa shape index (κ1) is 19.0. The molecule has 7 heteroatoms. The molecule has 0 fully saturated rings. The summed E-state index contributed by atoms with van der Waals surface area (Å²) in [4.78, 5) is 6.20. The Morgan fingerprint density at radius 3 is 1.95 bits per heavy atom. The molecule has 20 heavy (non-hydrogen) atoms. The molecule has 2 N–H and O–H groups in total. The highest BCUT2D eigenvalue weighted by atomic mass is 19.4. The van der Waals surface area contributed by atoms with Gasteiger partial charge in [0.25, 0.3) is 0 Å². The van der Waals surface area contributed by atoms with Gasteiger partial charge in [0.1, 0.15) is 0 Å². The lowest BCUT2D eigenvalue weighted by molar-refractivity contribution is -0.132. The summed E-state index contributed by atoms with van der Waals surface area (Å²) in [7, 11) is 1.55. The molecule has 0 heterocycles. The fourth-order valence-corrected chi connectivity index (χ4v) is 1.96. The molecule has 0 aliphatic rings. The fraction of sp³-hybridized carbons (Fsp3) is 0.923. The summed E-state index contributed by atoms with van der Waals surface area (Å²) in [6.07, 6.45) is -5.00. The molecule has 0 spiro atoms. The summed E-state index contributed by atoms with van der Waals surface area (Å²) in [5.74, 6) is 0.404. The number of hydrogen-bond donors (Lipinski definition) is 2. The van der Waals surface area contributed by atoms with Crippen LogP contribution in [0.25, 0.3) is 0 Å². The average Bonchev–Trinajstić information content (AvgIpc) is 2.29. The second-order valence-electron chi connectivity index (χ2n) is 5.22. The van der Waals surface area contributed by atoms with Crippen molar-refractivity contribution in [3.63, 3.8) is 0 Å². The van der Waals surface area contributed by atoms with Crippen LogP contribution in [-0.2, 0) is 0 Å². The molecule has 0 unspecified atom stereocenters. The maximum absolute atomic E-state index is 12.0. The zero-order valence-electron chi connectivity index (χ0n) is 13.0. The minimum atomic E-state index is -4.14. The van der Waals surface area contributed by atoms with Crippen molar-refractivity contribution >= 4 is 5.96 Å². The van der Waals surface area contributed by atoms with Gasteiger partial charge >= 0.3 is 6.18 Å². The van der Waals surface area contributed by atoms with Crippen LogP contribution in [0, 0.1) is 0 Å². The third kappa shape index (κ3) is 9.01. The van der Waals surface area contributed by atoms with E-state index in [0.29, 0.717) is 24.6 Å². The van der Waals surface area contributed by atoms with Crippen molar-refractivity contribution in [1.82, 2.24) is 15.5 Å². The average molecular weight is 296 g/mol. The van der Waals surface area contributed by atoms with Gasteiger partial charge in [0, 0.05) is 38.8 Å². The molecule has 0 aliphatic carbocycles. The number of rotatable bonds is 7. The van der Waals surface area contributed by atoms with E-state index in [-0.39, 0.29) is 6.54 Å². The summed E-state index contributed by atoms with van der Waals surface area (Å²) < 4.78 is 36.1. The van der Waals surface area contributed by atoms with Gasteiger partial charge in [-0.1, -0.05) is 0 Å². The third-order valence-electron chi connectivity index (χ3n) is 2.91. The van der Waals surface area contributed by atoms with Crippen molar-refractivity contribution in [1.29, 1.82) is 0 Å². The minimum absolute atomic E-state index is 0.165. The Morgan fingerprint density at radius 2 is 1.55 bits per heavy atom. The summed E-state index contributed by atoms with van der Waals surface area (Å²) in [6.45, 7) is 9.78.